The van der Waals surface area contributed by atoms with Gasteiger partial charge < -0.3 is 19.5 Å². The van der Waals surface area contributed by atoms with Crippen LogP contribution in [0.25, 0.3) is 0 Å². The molecule has 0 saturated carbocycles. The van der Waals surface area contributed by atoms with Crippen molar-refractivity contribution in [3.8, 4) is 11.5 Å². The first-order valence-electron chi connectivity index (χ1n) is 8.28. The van der Waals surface area contributed by atoms with Crippen LogP contribution in [0, 0.1) is 0 Å². The van der Waals surface area contributed by atoms with E-state index in [0.717, 1.165) is 0 Å². The monoisotopic (exact) mass is 371 g/mol. The second-order valence-electron chi connectivity index (χ2n) is 5.70. The zero-order valence-corrected chi connectivity index (χ0v) is 15.4. The number of nitrogens with one attached hydrogen (secondary N) is 1. The Balaban J connectivity index is 1.88. The molecule has 1 N–H and O–H groups in total. The third-order valence-corrected chi connectivity index (χ3v) is 3.63. The number of Topliss-reactive ketones (excluding diaryl/α,β-unsaturated/α-hetero) is 1. The molecular weight excluding hydrogens is 350 g/mol. The summed E-state index contributed by atoms with van der Waals surface area (Å²) in [7, 11) is 1.43. The zero-order chi connectivity index (χ0) is 19.8. The predicted octanol–water partition coefficient (Wildman–Crippen LogP) is 2.85. The summed E-state index contributed by atoms with van der Waals surface area (Å²) in [6.07, 6.45) is -0.983. The first-order valence-corrected chi connectivity index (χ1v) is 8.28. The number of amides is 1. The van der Waals surface area contributed by atoms with E-state index in [1.807, 2.05) is 6.07 Å². The molecule has 0 aliphatic heterocycles. The van der Waals surface area contributed by atoms with Gasteiger partial charge in [0.25, 0.3) is 5.91 Å². The van der Waals surface area contributed by atoms with Gasteiger partial charge in [-0.3, -0.25) is 9.59 Å². The molecule has 0 bridgehead atoms. The Kier molecular flexibility index (Phi) is 6.93. The van der Waals surface area contributed by atoms with Crippen LogP contribution in [0.4, 0.5) is 5.69 Å². The first-order chi connectivity index (χ1) is 12.9. The van der Waals surface area contributed by atoms with E-state index in [-0.39, 0.29) is 5.78 Å². The molecule has 2 rings (SSSR count). The number of ketones is 1. The maximum atomic E-state index is 12.0. The van der Waals surface area contributed by atoms with Crippen LogP contribution in [0.2, 0.25) is 0 Å². The van der Waals surface area contributed by atoms with Crippen molar-refractivity contribution in [2.24, 2.45) is 0 Å². The number of carbonyl (C=O) groups excluding carboxylic acids is 3. The molecule has 27 heavy (non-hydrogen) atoms. The summed E-state index contributed by atoms with van der Waals surface area (Å²) in [5, 5.41) is 2.65. The third kappa shape index (κ3) is 5.85. The lowest BCUT2D eigenvalue weighted by Gasteiger charge is -2.15. The fourth-order valence-corrected chi connectivity index (χ4v) is 2.19. The summed E-state index contributed by atoms with van der Waals surface area (Å²) in [6, 6.07) is 13.5. The fraction of sp³-hybridized carbons (Fsp3) is 0.250. The van der Waals surface area contributed by atoms with Crippen LogP contribution in [0.5, 0.6) is 11.5 Å². The van der Waals surface area contributed by atoms with Gasteiger partial charge >= 0.3 is 5.97 Å². The summed E-state index contributed by atoms with van der Waals surface area (Å²) in [5.74, 6) is -0.648. The summed E-state index contributed by atoms with van der Waals surface area (Å²) < 4.78 is 15.6. The summed E-state index contributed by atoms with van der Waals surface area (Å²) in [6.45, 7) is 2.51. The minimum absolute atomic E-state index is 0.113. The molecule has 0 fully saturated rings. The van der Waals surface area contributed by atoms with Gasteiger partial charge in [0.2, 0.25) is 0 Å². The van der Waals surface area contributed by atoms with Crippen LogP contribution in [-0.2, 0) is 14.3 Å². The lowest BCUT2D eigenvalue weighted by molar-refractivity contribution is -0.155. The van der Waals surface area contributed by atoms with E-state index in [1.54, 1.807) is 30.3 Å². The van der Waals surface area contributed by atoms with Crippen LogP contribution in [0.1, 0.15) is 24.2 Å². The first kappa shape index (κ1) is 20.0. The Morgan fingerprint density at radius 3 is 2.37 bits per heavy atom. The lowest BCUT2D eigenvalue weighted by Crippen LogP contribution is -2.31. The minimum atomic E-state index is -0.983. The predicted molar refractivity (Wildman–Crippen MR) is 99.1 cm³/mol. The Labute approximate surface area is 157 Å². The van der Waals surface area contributed by atoms with Crippen LogP contribution in [0.3, 0.4) is 0 Å². The van der Waals surface area contributed by atoms with E-state index >= 15 is 0 Å². The molecule has 0 saturated heterocycles. The number of benzene rings is 2. The van der Waals surface area contributed by atoms with E-state index in [2.05, 4.69) is 5.32 Å². The van der Waals surface area contributed by atoms with Gasteiger partial charge in [0.1, 0.15) is 0 Å². The van der Waals surface area contributed by atoms with Gasteiger partial charge in [0.15, 0.2) is 30.0 Å². The number of hydrogen-bond donors (Lipinski definition) is 1. The largest absolute Gasteiger partial charge is 0.493 e. The lowest BCUT2D eigenvalue weighted by atomic mass is 10.1. The highest BCUT2D eigenvalue weighted by Gasteiger charge is 2.19. The molecule has 1 amide bonds. The highest BCUT2D eigenvalue weighted by atomic mass is 16.6. The molecule has 0 aliphatic carbocycles. The van der Waals surface area contributed by atoms with Crippen LogP contribution in [0.15, 0.2) is 48.5 Å². The van der Waals surface area contributed by atoms with Crippen molar-refractivity contribution in [1.82, 2.24) is 0 Å². The van der Waals surface area contributed by atoms with Crippen molar-refractivity contribution in [2.75, 3.05) is 19.0 Å². The van der Waals surface area contributed by atoms with E-state index in [9.17, 15) is 14.4 Å². The average molecular weight is 371 g/mol. The zero-order valence-electron chi connectivity index (χ0n) is 15.4. The number of esters is 1. The summed E-state index contributed by atoms with van der Waals surface area (Å²) in [5.41, 5.74) is 1.07. The van der Waals surface area contributed by atoms with Crippen molar-refractivity contribution in [2.45, 2.75) is 20.0 Å². The van der Waals surface area contributed by atoms with Crippen LogP contribution in [-0.4, -0.2) is 37.5 Å². The van der Waals surface area contributed by atoms with Gasteiger partial charge in [-0.25, -0.2) is 4.79 Å². The molecule has 2 aromatic rings. The molecule has 142 valence electrons. The van der Waals surface area contributed by atoms with Gasteiger partial charge in [-0.1, -0.05) is 18.2 Å². The normalized spacial score (nSPS) is 11.2. The van der Waals surface area contributed by atoms with Crippen molar-refractivity contribution in [1.29, 1.82) is 0 Å². The number of methoxy groups -OCH3 is 1. The number of ether oxygens (including phenoxy) is 3. The molecule has 1 unspecified atom stereocenters. The fourth-order valence-electron chi connectivity index (χ4n) is 2.19. The number of rotatable bonds is 8. The number of para-hydroxylation sites is 1. The Bertz CT molecular complexity index is 818. The molecule has 7 heteroatoms. The number of carbonyl (C=O) groups is 3. The Morgan fingerprint density at radius 2 is 1.74 bits per heavy atom. The van der Waals surface area contributed by atoms with Gasteiger partial charge in [-0.15, -0.1) is 0 Å². The molecular formula is C20H21NO6. The van der Waals surface area contributed by atoms with Gasteiger partial charge in [-0.05, 0) is 44.2 Å². The average Bonchev–Trinajstić information content (AvgIpc) is 2.66. The van der Waals surface area contributed by atoms with Gasteiger partial charge in [0, 0.05) is 11.3 Å². The number of hydrogen-bond acceptors (Lipinski definition) is 6. The third-order valence-electron chi connectivity index (χ3n) is 3.63. The minimum Gasteiger partial charge on any atom is -0.493 e. The molecule has 2 aromatic carbocycles. The SMILES string of the molecule is COc1cc(C(C)=O)ccc1OCC(=O)OC(C)C(=O)Nc1ccccc1. The Morgan fingerprint density at radius 1 is 1.04 bits per heavy atom. The van der Waals surface area contributed by atoms with Crippen LogP contribution >= 0.6 is 0 Å². The van der Waals surface area contributed by atoms with Gasteiger partial charge in [-0.2, -0.15) is 0 Å². The Hall–Kier alpha value is -3.35. The van der Waals surface area contributed by atoms with Crippen molar-refractivity contribution < 1.29 is 28.6 Å². The molecule has 7 nitrogen and oxygen atoms in total. The standard InChI is InChI=1S/C20H21NO6/c1-13(22)15-9-10-17(18(11-15)25-3)26-12-19(23)27-14(2)20(24)21-16-7-5-4-6-8-16/h4-11,14H,12H2,1-3H3,(H,21,24). The molecule has 0 aliphatic rings. The van der Waals surface area contributed by atoms with E-state index < -0.39 is 24.6 Å². The second kappa shape index (κ2) is 9.38. The number of anilines is 1. The molecule has 0 heterocycles. The second-order valence-corrected chi connectivity index (χ2v) is 5.70. The van der Waals surface area contributed by atoms with Crippen molar-refractivity contribution in [3.63, 3.8) is 0 Å². The van der Waals surface area contributed by atoms with Crippen molar-refractivity contribution >= 4 is 23.3 Å². The molecule has 1 atom stereocenters. The molecule has 0 radical (unpaired) electrons. The molecule has 0 aromatic heterocycles. The summed E-state index contributed by atoms with van der Waals surface area (Å²) >= 11 is 0. The highest BCUT2D eigenvalue weighted by Crippen LogP contribution is 2.28. The van der Waals surface area contributed by atoms with Crippen LogP contribution < -0.4 is 14.8 Å². The smallest absolute Gasteiger partial charge is 0.344 e. The maximum Gasteiger partial charge on any atom is 0.344 e. The topological polar surface area (TPSA) is 90.9 Å². The quantitative estimate of drug-likeness (QED) is 0.567. The molecule has 0 spiro atoms. The van der Waals surface area contributed by atoms with E-state index in [1.165, 1.54) is 33.1 Å². The van der Waals surface area contributed by atoms with Crippen molar-refractivity contribution in [3.05, 3.63) is 54.1 Å². The van der Waals surface area contributed by atoms with E-state index in [0.29, 0.717) is 22.7 Å². The van der Waals surface area contributed by atoms with Gasteiger partial charge in [0.05, 0.1) is 7.11 Å². The summed E-state index contributed by atoms with van der Waals surface area (Å²) in [4.78, 5) is 35.4. The highest BCUT2D eigenvalue weighted by molar-refractivity contribution is 5.95. The maximum absolute atomic E-state index is 12.0. The van der Waals surface area contributed by atoms with E-state index in [4.69, 9.17) is 14.2 Å².